The van der Waals surface area contributed by atoms with E-state index in [1.54, 1.807) is 18.5 Å². The zero-order chi connectivity index (χ0) is 10.7. The van der Waals surface area contributed by atoms with Gasteiger partial charge in [-0.05, 0) is 24.3 Å². The van der Waals surface area contributed by atoms with Gasteiger partial charge in [0.2, 0.25) is 0 Å². The van der Waals surface area contributed by atoms with Gasteiger partial charge in [-0.3, -0.25) is 0 Å². The van der Waals surface area contributed by atoms with Gasteiger partial charge in [0, 0.05) is 7.05 Å². The third-order valence-corrected chi connectivity index (χ3v) is 2.18. The maximum absolute atomic E-state index is 5.51. The number of rotatable bonds is 3. The lowest BCUT2D eigenvalue weighted by Crippen LogP contribution is -2.16. The number of hydrogen-bond acceptors (Lipinski definition) is 4. The highest BCUT2D eigenvalue weighted by Crippen LogP contribution is 2.15. The highest BCUT2D eigenvalue weighted by Gasteiger charge is 2.03. The van der Waals surface area contributed by atoms with E-state index in [-0.39, 0.29) is 0 Å². The van der Waals surface area contributed by atoms with E-state index in [2.05, 4.69) is 4.98 Å². The van der Waals surface area contributed by atoms with Crippen LogP contribution in [0.5, 0.6) is 0 Å². The summed E-state index contributed by atoms with van der Waals surface area (Å²) in [5.41, 5.74) is 6.53. The van der Waals surface area contributed by atoms with Gasteiger partial charge in [-0.2, -0.15) is 0 Å². The number of hydrogen-bond donors (Lipinski definition) is 1. The number of anilines is 2. The van der Waals surface area contributed by atoms with E-state index in [0.29, 0.717) is 5.82 Å². The van der Waals surface area contributed by atoms with Crippen molar-refractivity contribution >= 4 is 11.5 Å². The van der Waals surface area contributed by atoms with Crippen molar-refractivity contribution in [2.24, 2.45) is 0 Å². The molecule has 2 aromatic heterocycles. The minimum absolute atomic E-state index is 0.533. The van der Waals surface area contributed by atoms with Gasteiger partial charge in [0.15, 0.2) is 0 Å². The van der Waals surface area contributed by atoms with E-state index in [9.17, 15) is 0 Å². The van der Waals surface area contributed by atoms with Crippen molar-refractivity contribution in [2.45, 2.75) is 6.54 Å². The van der Waals surface area contributed by atoms with Gasteiger partial charge in [-0.25, -0.2) is 4.98 Å². The molecule has 78 valence electrons. The predicted octanol–water partition coefficient (Wildman–Crippen LogP) is 1.89. The summed E-state index contributed by atoms with van der Waals surface area (Å²) >= 11 is 0. The molecule has 0 saturated heterocycles. The van der Waals surface area contributed by atoms with E-state index in [4.69, 9.17) is 10.2 Å². The van der Waals surface area contributed by atoms with Crippen molar-refractivity contribution in [3.05, 3.63) is 42.5 Å². The van der Waals surface area contributed by atoms with Crippen molar-refractivity contribution in [1.82, 2.24) is 4.98 Å². The van der Waals surface area contributed by atoms with E-state index < -0.39 is 0 Å². The molecule has 0 aliphatic rings. The first-order valence-corrected chi connectivity index (χ1v) is 4.71. The maximum Gasteiger partial charge on any atom is 0.123 e. The van der Waals surface area contributed by atoms with Gasteiger partial charge < -0.3 is 15.1 Å². The Hall–Kier alpha value is -1.97. The van der Waals surface area contributed by atoms with Crippen LogP contribution in [0.2, 0.25) is 0 Å². The number of pyridine rings is 1. The molecule has 0 aliphatic carbocycles. The van der Waals surface area contributed by atoms with Crippen LogP contribution < -0.4 is 10.6 Å². The minimum atomic E-state index is 0.533. The quantitative estimate of drug-likeness (QED) is 0.827. The largest absolute Gasteiger partial charge is 0.467 e. The minimum Gasteiger partial charge on any atom is -0.467 e. The monoisotopic (exact) mass is 203 g/mol. The smallest absolute Gasteiger partial charge is 0.123 e. The van der Waals surface area contributed by atoms with Gasteiger partial charge in [-0.15, -0.1) is 0 Å². The summed E-state index contributed by atoms with van der Waals surface area (Å²) in [5.74, 6) is 1.46. The topological polar surface area (TPSA) is 55.3 Å². The molecule has 0 aromatic carbocycles. The first-order chi connectivity index (χ1) is 7.25. The van der Waals surface area contributed by atoms with Crippen molar-refractivity contribution in [2.75, 3.05) is 17.7 Å². The van der Waals surface area contributed by atoms with E-state index in [1.807, 2.05) is 30.1 Å². The van der Waals surface area contributed by atoms with Crippen LogP contribution in [0.1, 0.15) is 5.76 Å². The van der Waals surface area contributed by atoms with Crippen LogP contribution in [0.3, 0.4) is 0 Å². The second-order valence-electron chi connectivity index (χ2n) is 3.38. The Kier molecular flexibility index (Phi) is 2.58. The summed E-state index contributed by atoms with van der Waals surface area (Å²) in [6.45, 7) is 0.721. The molecule has 0 atom stereocenters. The van der Waals surface area contributed by atoms with Crippen LogP contribution in [0.25, 0.3) is 0 Å². The summed E-state index contributed by atoms with van der Waals surface area (Å²) < 4.78 is 5.26. The van der Waals surface area contributed by atoms with E-state index in [1.165, 1.54) is 0 Å². The Morgan fingerprint density at radius 2 is 2.27 bits per heavy atom. The van der Waals surface area contributed by atoms with Crippen molar-refractivity contribution in [1.29, 1.82) is 0 Å². The van der Waals surface area contributed by atoms with Gasteiger partial charge in [-0.1, -0.05) is 0 Å². The third kappa shape index (κ3) is 2.28. The molecule has 0 spiro atoms. The molecule has 0 radical (unpaired) electrons. The molecule has 2 N–H and O–H groups in total. The van der Waals surface area contributed by atoms with E-state index >= 15 is 0 Å². The van der Waals surface area contributed by atoms with Crippen LogP contribution >= 0.6 is 0 Å². The lowest BCUT2D eigenvalue weighted by Gasteiger charge is -2.17. The second kappa shape index (κ2) is 4.04. The summed E-state index contributed by atoms with van der Waals surface area (Å²) in [4.78, 5) is 6.08. The number of aromatic nitrogens is 1. The Morgan fingerprint density at radius 3 is 2.87 bits per heavy atom. The summed E-state index contributed by atoms with van der Waals surface area (Å²) in [5, 5.41) is 0. The number of nitrogens with two attached hydrogens (primary N) is 1. The zero-order valence-corrected chi connectivity index (χ0v) is 8.55. The molecule has 2 aromatic rings. The van der Waals surface area contributed by atoms with Crippen molar-refractivity contribution in [3.8, 4) is 0 Å². The molecule has 4 heteroatoms. The molecular weight excluding hydrogens is 190 g/mol. The number of nitrogens with zero attached hydrogens (tertiary/aromatic N) is 2. The van der Waals surface area contributed by atoms with Crippen molar-refractivity contribution < 1.29 is 4.42 Å². The fraction of sp³-hybridized carbons (Fsp3) is 0.182. The predicted molar refractivity (Wildman–Crippen MR) is 59.5 cm³/mol. The van der Waals surface area contributed by atoms with Crippen LogP contribution in [-0.4, -0.2) is 12.0 Å². The molecule has 4 nitrogen and oxygen atoms in total. The Bertz CT molecular complexity index is 408. The Balaban J connectivity index is 2.08. The molecule has 2 heterocycles. The summed E-state index contributed by atoms with van der Waals surface area (Å²) in [7, 11) is 1.98. The van der Waals surface area contributed by atoms with Crippen LogP contribution in [-0.2, 0) is 6.54 Å². The summed E-state index contributed by atoms with van der Waals surface area (Å²) in [6, 6.07) is 7.55. The molecule has 0 amide bonds. The second-order valence-corrected chi connectivity index (χ2v) is 3.38. The Morgan fingerprint density at radius 1 is 1.40 bits per heavy atom. The lowest BCUT2D eigenvalue weighted by atomic mass is 10.3. The molecular formula is C11H13N3O. The van der Waals surface area contributed by atoms with Gasteiger partial charge >= 0.3 is 0 Å². The average Bonchev–Trinajstić information content (AvgIpc) is 2.71. The lowest BCUT2D eigenvalue weighted by molar-refractivity contribution is 0.507. The van der Waals surface area contributed by atoms with Crippen molar-refractivity contribution in [3.63, 3.8) is 0 Å². The Labute approximate surface area is 88.3 Å². The zero-order valence-electron chi connectivity index (χ0n) is 8.55. The van der Waals surface area contributed by atoms with Gasteiger partial charge in [0.05, 0.1) is 24.7 Å². The summed E-state index contributed by atoms with van der Waals surface area (Å²) in [6.07, 6.45) is 3.42. The molecule has 2 rings (SSSR count). The van der Waals surface area contributed by atoms with Gasteiger partial charge in [0.1, 0.15) is 11.6 Å². The highest BCUT2D eigenvalue weighted by molar-refractivity contribution is 5.47. The fourth-order valence-electron chi connectivity index (χ4n) is 1.35. The standard InChI is InChI=1S/C11H13N3O/c1-14(8-10-3-2-6-15-10)9-4-5-11(12)13-7-9/h2-7H,8H2,1H3,(H2,12,13). The first kappa shape index (κ1) is 9.58. The SMILES string of the molecule is CN(Cc1ccco1)c1ccc(N)nc1. The third-order valence-electron chi connectivity index (χ3n) is 2.18. The first-order valence-electron chi connectivity index (χ1n) is 4.71. The maximum atomic E-state index is 5.51. The molecule has 15 heavy (non-hydrogen) atoms. The molecule has 0 bridgehead atoms. The van der Waals surface area contributed by atoms with Crippen LogP contribution in [0, 0.1) is 0 Å². The van der Waals surface area contributed by atoms with Crippen LogP contribution in [0.4, 0.5) is 11.5 Å². The average molecular weight is 203 g/mol. The molecule has 0 saturated carbocycles. The van der Waals surface area contributed by atoms with Gasteiger partial charge in [0.25, 0.3) is 0 Å². The molecule has 0 fully saturated rings. The fourth-order valence-corrected chi connectivity index (χ4v) is 1.35. The van der Waals surface area contributed by atoms with E-state index in [0.717, 1.165) is 18.0 Å². The molecule has 0 aliphatic heterocycles. The highest BCUT2D eigenvalue weighted by atomic mass is 16.3. The normalized spacial score (nSPS) is 10.2. The molecule has 0 unspecified atom stereocenters. The number of furan rings is 1. The van der Waals surface area contributed by atoms with Crippen LogP contribution in [0.15, 0.2) is 41.1 Å². The number of nitrogen functional groups attached to an aromatic ring is 1.